The molecule has 0 aromatic heterocycles. The Balaban J connectivity index is 1.28. The van der Waals surface area contributed by atoms with Gasteiger partial charge in [0, 0.05) is 17.1 Å². The molecule has 0 heterocycles. The van der Waals surface area contributed by atoms with E-state index in [9.17, 15) is 9.59 Å². The molecule has 4 rings (SSSR count). The number of rotatable bonds is 6. The SMILES string of the molecule is O=C(Cc1ccc(-c2ccccc2)cc1)Nc1ccc(NC(=O)Nc2ccccc2)cc1. The molecule has 4 aromatic rings. The van der Waals surface area contributed by atoms with Gasteiger partial charge in [-0.3, -0.25) is 4.79 Å². The second-order valence-electron chi connectivity index (χ2n) is 7.31. The molecule has 0 spiro atoms. The van der Waals surface area contributed by atoms with Crippen LogP contribution in [-0.2, 0) is 11.2 Å². The van der Waals surface area contributed by atoms with Gasteiger partial charge in [-0.15, -0.1) is 0 Å². The summed E-state index contributed by atoms with van der Waals surface area (Å²) in [5.41, 5.74) is 5.23. The second-order valence-corrected chi connectivity index (χ2v) is 7.31. The van der Waals surface area contributed by atoms with E-state index in [2.05, 4.69) is 28.1 Å². The fourth-order valence-corrected chi connectivity index (χ4v) is 3.29. The number of para-hydroxylation sites is 1. The van der Waals surface area contributed by atoms with Crippen LogP contribution in [-0.4, -0.2) is 11.9 Å². The molecule has 5 nitrogen and oxygen atoms in total. The Hall–Kier alpha value is -4.38. The lowest BCUT2D eigenvalue weighted by molar-refractivity contribution is -0.115. The van der Waals surface area contributed by atoms with Crippen LogP contribution in [0, 0.1) is 0 Å². The molecule has 158 valence electrons. The summed E-state index contributed by atoms with van der Waals surface area (Å²) in [6.45, 7) is 0. The van der Waals surface area contributed by atoms with Gasteiger partial charge in [-0.25, -0.2) is 4.79 Å². The van der Waals surface area contributed by atoms with Crippen molar-refractivity contribution < 1.29 is 9.59 Å². The van der Waals surface area contributed by atoms with Crippen LogP contribution in [0.1, 0.15) is 5.56 Å². The number of anilines is 3. The van der Waals surface area contributed by atoms with Gasteiger partial charge in [0.25, 0.3) is 0 Å². The van der Waals surface area contributed by atoms with Crippen molar-refractivity contribution >= 4 is 29.0 Å². The highest BCUT2D eigenvalue weighted by Gasteiger charge is 2.06. The van der Waals surface area contributed by atoms with Crippen molar-refractivity contribution in [2.45, 2.75) is 6.42 Å². The summed E-state index contributed by atoms with van der Waals surface area (Å²) in [6, 6.07) is 34.0. The number of urea groups is 1. The van der Waals surface area contributed by atoms with Crippen LogP contribution in [0.3, 0.4) is 0 Å². The smallest absolute Gasteiger partial charge is 0.323 e. The van der Waals surface area contributed by atoms with Gasteiger partial charge < -0.3 is 16.0 Å². The lowest BCUT2D eigenvalue weighted by atomic mass is 10.0. The van der Waals surface area contributed by atoms with E-state index in [0.29, 0.717) is 17.1 Å². The minimum Gasteiger partial charge on any atom is -0.326 e. The van der Waals surface area contributed by atoms with Crippen molar-refractivity contribution in [3.63, 3.8) is 0 Å². The first-order chi connectivity index (χ1) is 15.7. The molecular formula is C27H23N3O2. The molecule has 0 aliphatic carbocycles. The lowest BCUT2D eigenvalue weighted by Crippen LogP contribution is -2.19. The van der Waals surface area contributed by atoms with E-state index in [1.807, 2.05) is 72.8 Å². The third-order valence-electron chi connectivity index (χ3n) is 4.88. The number of nitrogens with one attached hydrogen (secondary N) is 3. The summed E-state index contributed by atoms with van der Waals surface area (Å²) in [5.74, 6) is -0.0972. The number of hydrogen-bond donors (Lipinski definition) is 3. The lowest BCUT2D eigenvalue weighted by Gasteiger charge is -2.09. The molecule has 0 saturated carbocycles. The molecule has 3 amide bonds. The van der Waals surface area contributed by atoms with Crippen LogP contribution < -0.4 is 16.0 Å². The first kappa shape index (κ1) is 20.9. The van der Waals surface area contributed by atoms with E-state index in [4.69, 9.17) is 0 Å². The van der Waals surface area contributed by atoms with Gasteiger partial charge in [0.2, 0.25) is 5.91 Å². The highest BCUT2D eigenvalue weighted by atomic mass is 16.2. The number of carbonyl (C=O) groups excluding carboxylic acids is 2. The average Bonchev–Trinajstić information content (AvgIpc) is 2.82. The van der Waals surface area contributed by atoms with Crippen molar-refractivity contribution in [1.29, 1.82) is 0 Å². The summed E-state index contributed by atoms with van der Waals surface area (Å²) in [7, 11) is 0. The molecule has 0 atom stereocenters. The van der Waals surface area contributed by atoms with Crippen molar-refractivity contribution in [2.75, 3.05) is 16.0 Å². The molecule has 0 bridgehead atoms. The third-order valence-corrected chi connectivity index (χ3v) is 4.88. The Labute approximate surface area is 187 Å². The zero-order valence-corrected chi connectivity index (χ0v) is 17.4. The predicted octanol–water partition coefficient (Wildman–Crippen LogP) is 6.18. The molecule has 3 N–H and O–H groups in total. The molecular weight excluding hydrogens is 398 g/mol. The fourth-order valence-electron chi connectivity index (χ4n) is 3.29. The predicted molar refractivity (Wildman–Crippen MR) is 130 cm³/mol. The standard InChI is InChI=1S/C27H23N3O2/c31-26(19-20-11-13-22(14-12-20)21-7-3-1-4-8-21)28-24-15-17-25(18-16-24)30-27(32)29-23-9-5-2-6-10-23/h1-18H,19H2,(H,28,31)(H2,29,30,32). The van der Waals surface area contributed by atoms with Crippen LogP contribution in [0.15, 0.2) is 109 Å². The largest absolute Gasteiger partial charge is 0.326 e. The summed E-state index contributed by atoms with van der Waals surface area (Å²) >= 11 is 0. The highest BCUT2D eigenvalue weighted by Crippen LogP contribution is 2.20. The normalized spacial score (nSPS) is 10.2. The topological polar surface area (TPSA) is 70.2 Å². The first-order valence-electron chi connectivity index (χ1n) is 10.3. The minimum atomic E-state index is -0.327. The summed E-state index contributed by atoms with van der Waals surface area (Å²) in [6.07, 6.45) is 0.286. The monoisotopic (exact) mass is 421 g/mol. The van der Waals surface area contributed by atoms with Crippen LogP contribution in [0.2, 0.25) is 0 Å². The molecule has 0 aliphatic heterocycles. The Bertz CT molecular complexity index is 1170. The van der Waals surface area contributed by atoms with Gasteiger partial charge in [0.1, 0.15) is 0 Å². The molecule has 0 unspecified atom stereocenters. The van der Waals surface area contributed by atoms with E-state index in [0.717, 1.165) is 16.7 Å². The molecule has 0 saturated heterocycles. The molecule has 0 radical (unpaired) electrons. The van der Waals surface area contributed by atoms with Crippen molar-refractivity contribution in [1.82, 2.24) is 0 Å². The Morgan fingerprint density at radius 2 is 0.969 bits per heavy atom. The van der Waals surface area contributed by atoms with Gasteiger partial charge in [-0.05, 0) is 53.1 Å². The second kappa shape index (κ2) is 10.1. The number of carbonyl (C=O) groups is 2. The highest BCUT2D eigenvalue weighted by molar-refractivity contribution is 6.00. The van der Waals surface area contributed by atoms with E-state index < -0.39 is 0 Å². The summed E-state index contributed by atoms with van der Waals surface area (Å²) in [5, 5.41) is 8.42. The summed E-state index contributed by atoms with van der Waals surface area (Å²) in [4.78, 5) is 24.5. The van der Waals surface area contributed by atoms with Crippen molar-refractivity contribution in [2.24, 2.45) is 0 Å². The van der Waals surface area contributed by atoms with Crippen molar-refractivity contribution in [3.8, 4) is 11.1 Å². The Morgan fingerprint density at radius 1 is 0.500 bits per heavy atom. The maximum Gasteiger partial charge on any atom is 0.323 e. The zero-order valence-electron chi connectivity index (χ0n) is 17.4. The van der Waals surface area contributed by atoms with Crippen LogP contribution >= 0.6 is 0 Å². The minimum absolute atomic E-state index is 0.0972. The third kappa shape index (κ3) is 5.83. The average molecular weight is 422 g/mol. The molecule has 0 aliphatic rings. The summed E-state index contributed by atoms with van der Waals surface area (Å²) < 4.78 is 0. The Morgan fingerprint density at radius 3 is 1.56 bits per heavy atom. The first-order valence-corrected chi connectivity index (χ1v) is 10.3. The molecule has 32 heavy (non-hydrogen) atoms. The number of hydrogen-bond acceptors (Lipinski definition) is 2. The number of amides is 3. The van der Waals surface area contributed by atoms with E-state index in [1.165, 1.54) is 0 Å². The van der Waals surface area contributed by atoms with Crippen LogP contribution in [0.25, 0.3) is 11.1 Å². The van der Waals surface area contributed by atoms with E-state index >= 15 is 0 Å². The molecule has 0 fully saturated rings. The van der Waals surface area contributed by atoms with Gasteiger partial charge in [0.15, 0.2) is 0 Å². The number of benzene rings is 4. The van der Waals surface area contributed by atoms with E-state index in [1.54, 1.807) is 24.3 Å². The quantitative estimate of drug-likeness (QED) is 0.348. The maximum absolute atomic E-state index is 12.4. The van der Waals surface area contributed by atoms with Gasteiger partial charge >= 0.3 is 6.03 Å². The van der Waals surface area contributed by atoms with Gasteiger partial charge in [-0.1, -0.05) is 72.8 Å². The van der Waals surface area contributed by atoms with Crippen LogP contribution in [0.5, 0.6) is 0 Å². The molecule has 5 heteroatoms. The zero-order chi connectivity index (χ0) is 22.2. The fraction of sp³-hybridized carbons (Fsp3) is 0.0370. The molecule has 4 aromatic carbocycles. The maximum atomic E-state index is 12.4. The Kier molecular flexibility index (Phi) is 6.58. The van der Waals surface area contributed by atoms with Gasteiger partial charge in [0.05, 0.1) is 6.42 Å². The van der Waals surface area contributed by atoms with Crippen molar-refractivity contribution in [3.05, 3.63) is 115 Å². The van der Waals surface area contributed by atoms with E-state index in [-0.39, 0.29) is 18.4 Å². The van der Waals surface area contributed by atoms with Gasteiger partial charge in [-0.2, -0.15) is 0 Å². The van der Waals surface area contributed by atoms with Crippen LogP contribution in [0.4, 0.5) is 21.9 Å².